The molecule has 0 atom stereocenters. The molecule has 3 nitrogen and oxygen atoms in total. The Morgan fingerprint density at radius 2 is 2.00 bits per heavy atom. The Bertz CT molecular complexity index is 613. The molecule has 0 radical (unpaired) electrons. The molecule has 0 aromatic heterocycles. The molecule has 0 aliphatic rings. The summed E-state index contributed by atoms with van der Waals surface area (Å²) in [6, 6.07) is 10.5. The van der Waals surface area contributed by atoms with Gasteiger partial charge >= 0.3 is 5.97 Å². The zero-order chi connectivity index (χ0) is 13.8. The number of halogens is 2. The van der Waals surface area contributed by atoms with Gasteiger partial charge in [0.1, 0.15) is 18.2 Å². The van der Waals surface area contributed by atoms with E-state index < -0.39 is 11.8 Å². The monoisotopic (exact) mass is 280 g/mol. The number of carboxylic acids is 1. The second kappa shape index (κ2) is 5.71. The van der Waals surface area contributed by atoms with Crippen LogP contribution in [0, 0.1) is 5.82 Å². The number of ether oxygens (including phenoxy) is 1. The fourth-order valence-electron chi connectivity index (χ4n) is 1.54. The molecule has 1 N–H and O–H groups in total. The molecule has 0 amide bonds. The minimum Gasteiger partial charge on any atom is -0.489 e. The molecule has 2 aromatic rings. The maximum absolute atomic E-state index is 13.2. The maximum Gasteiger partial charge on any atom is 0.335 e. The highest BCUT2D eigenvalue weighted by Crippen LogP contribution is 2.22. The summed E-state index contributed by atoms with van der Waals surface area (Å²) >= 11 is 5.79. The summed E-state index contributed by atoms with van der Waals surface area (Å²) in [5.74, 6) is -1.16. The summed E-state index contributed by atoms with van der Waals surface area (Å²) in [5.41, 5.74) is 0.630. The van der Waals surface area contributed by atoms with Gasteiger partial charge in [0.25, 0.3) is 0 Å². The molecule has 2 rings (SSSR count). The molecule has 0 spiro atoms. The van der Waals surface area contributed by atoms with Crippen molar-refractivity contribution in [2.75, 3.05) is 0 Å². The van der Waals surface area contributed by atoms with Crippen molar-refractivity contribution < 1.29 is 19.0 Å². The maximum atomic E-state index is 13.2. The number of carbonyl (C=O) groups is 1. The van der Waals surface area contributed by atoms with Crippen LogP contribution in [0.2, 0.25) is 5.02 Å². The van der Waals surface area contributed by atoms with E-state index in [2.05, 4.69) is 0 Å². The van der Waals surface area contributed by atoms with Crippen molar-refractivity contribution in [1.29, 1.82) is 0 Å². The Morgan fingerprint density at radius 3 is 2.74 bits per heavy atom. The lowest BCUT2D eigenvalue weighted by molar-refractivity contribution is 0.0696. The third-order valence-electron chi connectivity index (χ3n) is 2.51. The van der Waals surface area contributed by atoms with Crippen LogP contribution in [0.1, 0.15) is 15.9 Å². The van der Waals surface area contributed by atoms with Crippen LogP contribution in [0.4, 0.5) is 4.39 Å². The van der Waals surface area contributed by atoms with Crippen LogP contribution in [0.25, 0.3) is 0 Å². The smallest absolute Gasteiger partial charge is 0.335 e. The Balaban J connectivity index is 2.12. The van der Waals surface area contributed by atoms with Gasteiger partial charge in [0.05, 0.1) is 10.6 Å². The van der Waals surface area contributed by atoms with E-state index in [0.29, 0.717) is 11.3 Å². The summed E-state index contributed by atoms with van der Waals surface area (Å²) < 4.78 is 18.6. The predicted molar refractivity (Wildman–Crippen MR) is 69.1 cm³/mol. The fourth-order valence-corrected chi connectivity index (χ4v) is 1.72. The fraction of sp³-hybridized carbons (Fsp3) is 0.0714. The first-order valence-corrected chi connectivity index (χ1v) is 5.85. The molecule has 0 aliphatic heterocycles. The highest BCUT2D eigenvalue weighted by atomic mass is 35.5. The molecular formula is C14H10ClFO3. The van der Waals surface area contributed by atoms with Crippen LogP contribution in [-0.4, -0.2) is 11.1 Å². The zero-order valence-electron chi connectivity index (χ0n) is 9.77. The lowest BCUT2D eigenvalue weighted by Gasteiger charge is -2.08. The van der Waals surface area contributed by atoms with E-state index >= 15 is 0 Å². The first kappa shape index (κ1) is 13.4. The van der Waals surface area contributed by atoms with Gasteiger partial charge in [-0.15, -0.1) is 0 Å². The molecule has 0 unspecified atom stereocenters. The lowest BCUT2D eigenvalue weighted by Crippen LogP contribution is -2.00. The number of benzene rings is 2. The van der Waals surface area contributed by atoms with Crippen molar-refractivity contribution >= 4 is 17.6 Å². The SMILES string of the molecule is O=C(O)c1cccc(OCc2cccc(F)c2Cl)c1. The molecule has 0 aliphatic carbocycles. The van der Waals surface area contributed by atoms with E-state index in [1.807, 2.05) is 0 Å². The van der Waals surface area contributed by atoms with Crippen LogP contribution in [0.5, 0.6) is 5.75 Å². The average Bonchev–Trinajstić information content (AvgIpc) is 2.41. The van der Waals surface area contributed by atoms with Crippen LogP contribution in [0.3, 0.4) is 0 Å². The van der Waals surface area contributed by atoms with Gasteiger partial charge in [-0.25, -0.2) is 9.18 Å². The largest absolute Gasteiger partial charge is 0.489 e. The Kier molecular flexibility index (Phi) is 4.02. The molecule has 0 heterocycles. The molecule has 19 heavy (non-hydrogen) atoms. The van der Waals surface area contributed by atoms with Crippen LogP contribution in [-0.2, 0) is 6.61 Å². The van der Waals surface area contributed by atoms with Gasteiger partial charge in [-0.1, -0.05) is 29.8 Å². The van der Waals surface area contributed by atoms with E-state index in [4.69, 9.17) is 21.4 Å². The van der Waals surface area contributed by atoms with Crippen molar-refractivity contribution in [3.05, 3.63) is 64.4 Å². The third-order valence-corrected chi connectivity index (χ3v) is 2.93. The Labute approximate surface area is 114 Å². The minimum absolute atomic E-state index is 0.0110. The average molecular weight is 281 g/mol. The van der Waals surface area contributed by atoms with Crippen molar-refractivity contribution in [1.82, 2.24) is 0 Å². The standard InChI is InChI=1S/C14H10ClFO3/c15-13-10(4-2-6-12(13)16)8-19-11-5-1-3-9(7-11)14(17)18/h1-7H,8H2,(H,17,18). The summed E-state index contributed by atoms with van der Waals surface area (Å²) in [4.78, 5) is 10.8. The van der Waals surface area contributed by atoms with Crippen molar-refractivity contribution in [3.63, 3.8) is 0 Å². The topological polar surface area (TPSA) is 46.5 Å². The molecule has 0 bridgehead atoms. The second-order valence-corrected chi connectivity index (χ2v) is 4.21. The molecular weight excluding hydrogens is 271 g/mol. The van der Waals surface area contributed by atoms with E-state index in [0.717, 1.165) is 0 Å². The first-order valence-electron chi connectivity index (χ1n) is 5.47. The van der Waals surface area contributed by atoms with E-state index in [-0.39, 0.29) is 17.2 Å². The number of hydrogen-bond acceptors (Lipinski definition) is 2. The normalized spacial score (nSPS) is 10.2. The summed E-state index contributed by atoms with van der Waals surface area (Å²) in [5, 5.41) is 8.86. The van der Waals surface area contributed by atoms with E-state index in [1.54, 1.807) is 18.2 Å². The molecule has 2 aromatic carbocycles. The summed E-state index contributed by atoms with van der Waals surface area (Å²) in [6.07, 6.45) is 0. The Morgan fingerprint density at radius 1 is 1.26 bits per heavy atom. The molecule has 0 saturated heterocycles. The van der Waals surface area contributed by atoms with Gasteiger partial charge in [0.15, 0.2) is 0 Å². The second-order valence-electron chi connectivity index (χ2n) is 3.83. The number of aromatic carboxylic acids is 1. The highest BCUT2D eigenvalue weighted by Gasteiger charge is 2.07. The molecule has 98 valence electrons. The molecule has 5 heteroatoms. The van der Waals surface area contributed by atoms with Gasteiger partial charge in [0.2, 0.25) is 0 Å². The number of rotatable bonds is 4. The minimum atomic E-state index is -1.03. The Hall–Kier alpha value is -2.07. The van der Waals surface area contributed by atoms with E-state index in [1.165, 1.54) is 24.3 Å². The van der Waals surface area contributed by atoms with Gasteiger partial charge in [-0.05, 0) is 24.3 Å². The van der Waals surface area contributed by atoms with E-state index in [9.17, 15) is 9.18 Å². The summed E-state index contributed by atoms with van der Waals surface area (Å²) in [6.45, 7) is 0.0691. The first-order chi connectivity index (χ1) is 9.08. The van der Waals surface area contributed by atoms with Crippen molar-refractivity contribution in [2.45, 2.75) is 6.61 Å². The van der Waals surface area contributed by atoms with Crippen molar-refractivity contribution in [2.24, 2.45) is 0 Å². The zero-order valence-corrected chi connectivity index (χ0v) is 10.5. The lowest BCUT2D eigenvalue weighted by atomic mass is 10.2. The predicted octanol–water partition coefficient (Wildman–Crippen LogP) is 3.76. The van der Waals surface area contributed by atoms with Crippen LogP contribution in [0.15, 0.2) is 42.5 Å². The molecule has 0 saturated carbocycles. The number of carboxylic acid groups (broad SMARTS) is 1. The van der Waals surface area contributed by atoms with Gasteiger partial charge in [0, 0.05) is 5.56 Å². The molecule has 0 fully saturated rings. The van der Waals surface area contributed by atoms with Crippen LogP contribution >= 0.6 is 11.6 Å². The van der Waals surface area contributed by atoms with Crippen LogP contribution < -0.4 is 4.74 Å². The number of hydrogen-bond donors (Lipinski definition) is 1. The quantitative estimate of drug-likeness (QED) is 0.927. The van der Waals surface area contributed by atoms with Gasteiger partial charge in [-0.2, -0.15) is 0 Å². The highest BCUT2D eigenvalue weighted by molar-refractivity contribution is 6.31. The van der Waals surface area contributed by atoms with Gasteiger partial charge in [-0.3, -0.25) is 0 Å². The summed E-state index contributed by atoms with van der Waals surface area (Å²) in [7, 11) is 0. The van der Waals surface area contributed by atoms with Gasteiger partial charge < -0.3 is 9.84 Å². The third kappa shape index (κ3) is 3.23. The van der Waals surface area contributed by atoms with Crippen molar-refractivity contribution in [3.8, 4) is 5.75 Å².